The fourth-order valence-corrected chi connectivity index (χ4v) is 6.27. The predicted octanol–water partition coefficient (Wildman–Crippen LogP) is 5.50. The van der Waals surface area contributed by atoms with Crippen LogP contribution >= 0.6 is 23.5 Å². The van der Waals surface area contributed by atoms with Crippen molar-refractivity contribution in [3.8, 4) is 0 Å². The van der Waals surface area contributed by atoms with E-state index in [0.717, 1.165) is 5.76 Å². The van der Waals surface area contributed by atoms with Gasteiger partial charge in [0.1, 0.15) is 4.08 Å². The van der Waals surface area contributed by atoms with Crippen molar-refractivity contribution in [1.29, 1.82) is 0 Å². The summed E-state index contributed by atoms with van der Waals surface area (Å²) >= 11 is 4.07. The number of thioether (sulfide) groups is 2. The largest absolute Gasteiger partial charge is 0.545 e. The standard InChI is InChI=1S/C14H28OS2Si/c1-8-9-14(16-10-11-17-14)12(2)15-18(6,7)13(3,4)5/h2,8-11H2,1,3-7H3. The fourth-order valence-electron chi connectivity index (χ4n) is 1.77. The summed E-state index contributed by atoms with van der Waals surface area (Å²) in [5, 5.41) is 0.247. The monoisotopic (exact) mass is 304 g/mol. The van der Waals surface area contributed by atoms with Crippen LogP contribution in [0.5, 0.6) is 0 Å². The molecule has 0 amide bonds. The van der Waals surface area contributed by atoms with E-state index in [-0.39, 0.29) is 9.12 Å². The minimum Gasteiger partial charge on any atom is -0.545 e. The molecular weight excluding hydrogens is 276 g/mol. The van der Waals surface area contributed by atoms with E-state index in [1.165, 1.54) is 24.3 Å². The fraction of sp³-hybridized carbons (Fsp3) is 0.857. The normalized spacial score (nSPS) is 19.9. The lowest BCUT2D eigenvalue weighted by Crippen LogP contribution is -2.42. The van der Waals surface area contributed by atoms with Crippen LogP contribution in [0.15, 0.2) is 12.3 Å². The summed E-state index contributed by atoms with van der Waals surface area (Å²) in [6, 6.07) is 0. The Labute approximate surface area is 123 Å². The van der Waals surface area contributed by atoms with E-state index in [1.54, 1.807) is 0 Å². The minimum atomic E-state index is -1.74. The Bertz CT molecular complexity index is 301. The van der Waals surface area contributed by atoms with Gasteiger partial charge in [0.25, 0.3) is 0 Å². The molecule has 0 spiro atoms. The van der Waals surface area contributed by atoms with Crippen LogP contribution in [0.2, 0.25) is 18.1 Å². The smallest absolute Gasteiger partial charge is 0.250 e. The van der Waals surface area contributed by atoms with Crippen LogP contribution in [0.1, 0.15) is 40.5 Å². The van der Waals surface area contributed by atoms with Crippen molar-refractivity contribution in [2.45, 2.75) is 62.7 Å². The Morgan fingerprint density at radius 1 is 1.28 bits per heavy atom. The molecule has 1 rings (SSSR count). The Morgan fingerprint density at radius 3 is 2.17 bits per heavy atom. The first kappa shape index (κ1) is 16.5. The third kappa shape index (κ3) is 3.51. The van der Waals surface area contributed by atoms with Crippen LogP contribution in [-0.2, 0) is 4.43 Å². The molecule has 106 valence electrons. The van der Waals surface area contributed by atoms with E-state index < -0.39 is 8.32 Å². The summed E-state index contributed by atoms with van der Waals surface area (Å²) in [6.45, 7) is 18.0. The van der Waals surface area contributed by atoms with E-state index in [9.17, 15) is 0 Å². The van der Waals surface area contributed by atoms with E-state index >= 15 is 0 Å². The van der Waals surface area contributed by atoms with Gasteiger partial charge in [-0.3, -0.25) is 0 Å². The first-order valence-electron chi connectivity index (χ1n) is 6.81. The zero-order chi connectivity index (χ0) is 14.0. The Morgan fingerprint density at radius 2 is 1.78 bits per heavy atom. The van der Waals surface area contributed by atoms with E-state index in [2.05, 4.69) is 47.4 Å². The lowest BCUT2D eigenvalue weighted by atomic mass is 10.2. The molecule has 0 unspecified atom stereocenters. The van der Waals surface area contributed by atoms with Crippen molar-refractivity contribution in [2.75, 3.05) is 11.5 Å². The highest BCUT2D eigenvalue weighted by Crippen LogP contribution is 2.53. The van der Waals surface area contributed by atoms with Crippen molar-refractivity contribution in [3.05, 3.63) is 12.3 Å². The van der Waals surface area contributed by atoms with Gasteiger partial charge in [0.2, 0.25) is 8.32 Å². The third-order valence-electron chi connectivity index (χ3n) is 3.94. The Hall–Kier alpha value is 0.457. The quantitative estimate of drug-likeness (QED) is 0.490. The molecule has 1 heterocycles. The van der Waals surface area contributed by atoms with E-state index in [4.69, 9.17) is 4.43 Å². The second-order valence-corrected chi connectivity index (χ2v) is 14.3. The van der Waals surface area contributed by atoms with Crippen LogP contribution < -0.4 is 0 Å². The average molecular weight is 305 g/mol. The summed E-state index contributed by atoms with van der Waals surface area (Å²) < 4.78 is 6.57. The van der Waals surface area contributed by atoms with Crippen molar-refractivity contribution in [3.63, 3.8) is 0 Å². The summed E-state index contributed by atoms with van der Waals surface area (Å²) in [7, 11) is -1.74. The first-order valence-corrected chi connectivity index (χ1v) is 11.7. The van der Waals surface area contributed by atoms with Gasteiger partial charge in [-0.2, -0.15) is 0 Å². The maximum Gasteiger partial charge on any atom is 0.250 e. The van der Waals surface area contributed by atoms with Crippen LogP contribution in [-0.4, -0.2) is 23.9 Å². The van der Waals surface area contributed by atoms with Crippen LogP contribution in [0.25, 0.3) is 0 Å². The Kier molecular flexibility index (Phi) is 5.36. The molecule has 0 bridgehead atoms. The van der Waals surface area contributed by atoms with Crippen LogP contribution in [0, 0.1) is 0 Å². The van der Waals surface area contributed by atoms with Crippen molar-refractivity contribution >= 4 is 31.8 Å². The summed E-state index contributed by atoms with van der Waals surface area (Å²) in [6.07, 6.45) is 2.37. The molecule has 0 aromatic carbocycles. The zero-order valence-electron chi connectivity index (χ0n) is 12.8. The molecule has 1 aliphatic heterocycles. The number of hydrogen-bond donors (Lipinski definition) is 0. The average Bonchev–Trinajstić information content (AvgIpc) is 2.65. The third-order valence-corrected chi connectivity index (χ3v) is 11.9. The molecule has 0 atom stereocenters. The van der Waals surface area contributed by atoms with Gasteiger partial charge in [-0.25, -0.2) is 0 Å². The molecule has 18 heavy (non-hydrogen) atoms. The minimum absolute atomic E-state index is 0.129. The molecule has 1 nitrogen and oxygen atoms in total. The van der Waals surface area contributed by atoms with Gasteiger partial charge in [0, 0.05) is 11.5 Å². The molecule has 0 N–H and O–H groups in total. The first-order chi connectivity index (χ1) is 8.15. The van der Waals surface area contributed by atoms with E-state index in [0.29, 0.717) is 0 Å². The van der Waals surface area contributed by atoms with Gasteiger partial charge in [0.05, 0.1) is 5.76 Å². The Balaban J connectivity index is 2.80. The lowest BCUT2D eigenvalue weighted by Gasteiger charge is -2.41. The summed E-state index contributed by atoms with van der Waals surface area (Å²) in [5.41, 5.74) is 0. The second-order valence-electron chi connectivity index (χ2n) is 6.49. The second kappa shape index (κ2) is 5.84. The van der Waals surface area contributed by atoms with Crippen molar-refractivity contribution in [2.24, 2.45) is 0 Å². The highest BCUT2D eigenvalue weighted by atomic mass is 32.2. The van der Waals surface area contributed by atoms with Gasteiger partial charge in [-0.05, 0) is 24.6 Å². The van der Waals surface area contributed by atoms with Gasteiger partial charge in [0.15, 0.2) is 0 Å². The summed E-state index contributed by atoms with van der Waals surface area (Å²) in [5.74, 6) is 3.48. The SMILES string of the molecule is C=C(O[Si](C)(C)C(C)(C)C)C1(CCC)SCCS1. The predicted molar refractivity (Wildman–Crippen MR) is 90.0 cm³/mol. The molecule has 0 aliphatic carbocycles. The van der Waals surface area contributed by atoms with Gasteiger partial charge >= 0.3 is 0 Å². The van der Waals surface area contributed by atoms with Crippen LogP contribution in [0.4, 0.5) is 0 Å². The van der Waals surface area contributed by atoms with Gasteiger partial charge < -0.3 is 4.43 Å². The summed E-state index contributed by atoms with van der Waals surface area (Å²) in [4.78, 5) is 0. The molecular formula is C14H28OS2Si. The van der Waals surface area contributed by atoms with E-state index in [1.807, 2.05) is 23.5 Å². The number of hydrogen-bond acceptors (Lipinski definition) is 3. The van der Waals surface area contributed by atoms with Crippen molar-refractivity contribution < 1.29 is 4.43 Å². The molecule has 0 aromatic rings. The van der Waals surface area contributed by atoms with Gasteiger partial charge in [-0.1, -0.05) is 40.7 Å². The number of rotatable bonds is 5. The molecule has 1 aliphatic rings. The molecule has 1 fully saturated rings. The topological polar surface area (TPSA) is 9.23 Å². The van der Waals surface area contributed by atoms with Crippen LogP contribution in [0.3, 0.4) is 0 Å². The van der Waals surface area contributed by atoms with Crippen molar-refractivity contribution in [1.82, 2.24) is 0 Å². The molecule has 0 radical (unpaired) electrons. The van der Waals surface area contributed by atoms with Gasteiger partial charge in [-0.15, -0.1) is 23.5 Å². The highest BCUT2D eigenvalue weighted by Gasteiger charge is 2.45. The zero-order valence-corrected chi connectivity index (χ0v) is 15.4. The maximum atomic E-state index is 6.44. The maximum absolute atomic E-state index is 6.44. The molecule has 1 saturated heterocycles. The molecule has 0 saturated carbocycles. The lowest BCUT2D eigenvalue weighted by molar-refractivity contribution is 0.362. The highest BCUT2D eigenvalue weighted by molar-refractivity contribution is 8.21. The molecule has 4 heteroatoms. The molecule has 0 aromatic heterocycles.